The molecule has 3 heteroatoms. The zero-order valence-corrected chi connectivity index (χ0v) is 12.7. The van der Waals surface area contributed by atoms with Crippen LogP contribution < -0.4 is 5.32 Å². The molecule has 1 aliphatic rings. The SMILES string of the molecule is CCCNCc1ccc(COC2CCCCCC2)nc1. The van der Waals surface area contributed by atoms with Crippen molar-refractivity contribution >= 4 is 0 Å². The van der Waals surface area contributed by atoms with E-state index in [-0.39, 0.29) is 0 Å². The molecule has 1 N–H and O–H groups in total. The number of nitrogens with one attached hydrogen (secondary N) is 1. The first-order valence-electron chi connectivity index (χ1n) is 8.14. The molecule has 0 bridgehead atoms. The fraction of sp³-hybridized carbons (Fsp3) is 0.706. The van der Waals surface area contributed by atoms with E-state index in [2.05, 4.69) is 29.4 Å². The minimum absolute atomic E-state index is 0.449. The maximum absolute atomic E-state index is 6.01. The van der Waals surface area contributed by atoms with Gasteiger partial charge in [-0.25, -0.2) is 0 Å². The summed E-state index contributed by atoms with van der Waals surface area (Å²) in [6.45, 7) is 4.81. The first-order valence-corrected chi connectivity index (χ1v) is 8.14. The lowest BCUT2D eigenvalue weighted by Crippen LogP contribution is -2.14. The molecular formula is C17H28N2O. The molecule has 1 aromatic heterocycles. The summed E-state index contributed by atoms with van der Waals surface area (Å²) in [4.78, 5) is 4.50. The Morgan fingerprint density at radius 2 is 2.00 bits per heavy atom. The van der Waals surface area contributed by atoms with Gasteiger partial charge >= 0.3 is 0 Å². The summed E-state index contributed by atoms with van der Waals surface area (Å²) in [5, 5.41) is 3.39. The molecular weight excluding hydrogens is 248 g/mol. The Balaban J connectivity index is 1.72. The van der Waals surface area contributed by atoms with E-state index >= 15 is 0 Å². The first-order chi connectivity index (χ1) is 9.88. The third-order valence-corrected chi connectivity index (χ3v) is 3.91. The molecule has 0 spiro atoms. The van der Waals surface area contributed by atoms with Crippen molar-refractivity contribution in [2.75, 3.05) is 6.54 Å². The summed E-state index contributed by atoms with van der Waals surface area (Å²) in [6.07, 6.45) is 11.4. The molecule has 0 aromatic carbocycles. The zero-order chi connectivity index (χ0) is 14.0. The molecule has 0 unspecified atom stereocenters. The highest BCUT2D eigenvalue weighted by Crippen LogP contribution is 2.20. The summed E-state index contributed by atoms with van der Waals surface area (Å²) >= 11 is 0. The second-order valence-electron chi connectivity index (χ2n) is 5.76. The quantitative estimate of drug-likeness (QED) is 0.607. The molecule has 1 aromatic rings. The maximum Gasteiger partial charge on any atom is 0.0891 e. The number of pyridine rings is 1. The summed E-state index contributed by atoms with van der Waals surface area (Å²) in [5.41, 5.74) is 2.30. The van der Waals surface area contributed by atoms with Crippen LogP contribution in [0, 0.1) is 0 Å². The van der Waals surface area contributed by atoms with Gasteiger partial charge in [-0.05, 0) is 37.4 Å². The summed E-state index contributed by atoms with van der Waals surface area (Å²) < 4.78 is 6.01. The third kappa shape index (κ3) is 5.59. The van der Waals surface area contributed by atoms with Crippen LogP contribution in [0.1, 0.15) is 63.1 Å². The summed E-state index contributed by atoms with van der Waals surface area (Å²) in [7, 11) is 0. The minimum atomic E-state index is 0.449. The number of hydrogen-bond donors (Lipinski definition) is 1. The Morgan fingerprint density at radius 1 is 1.20 bits per heavy atom. The lowest BCUT2D eigenvalue weighted by atomic mass is 10.1. The third-order valence-electron chi connectivity index (χ3n) is 3.91. The Morgan fingerprint density at radius 3 is 2.65 bits per heavy atom. The molecule has 0 radical (unpaired) electrons. The lowest BCUT2D eigenvalue weighted by molar-refractivity contribution is 0.0292. The number of nitrogens with zero attached hydrogens (tertiary/aromatic N) is 1. The van der Waals surface area contributed by atoms with E-state index in [1.54, 1.807) is 0 Å². The molecule has 3 nitrogen and oxygen atoms in total. The van der Waals surface area contributed by atoms with Crippen LogP contribution in [0.5, 0.6) is 0 Å². The molecule has 2 rings (SSSR count). The van der Waals surface area contributed by atoms with E-state index in [1.807, 2.05) is 6.20 Å². The van der Waals surface area contributed by atoms with E-state index in [1.165, 1.54) is 50.5 Å². The van der Waals surface area contributed by atoms with Gasteiger partial charge in [-0.15, -0.1) is 0 Å². The molecule has 1 fully saturated rings. The van der Waals surface area contributed by atoms with E-state index in [0.29, 0.717) is 12.7 Å². The molecule has 20 heavy (non-hydrogen) atoms. The second-order valence-corrected chi connectivity index (χ2v) is 5.76. The van der Waals surface area contributed by atoms with Crippen LogP contribution in [0.4, 0.5) is 0 Å². The highest BCUT2D eigenvalue weighted by molar-refractivity contribution is 5.13. The predicted molar refractivity (Wildman–Crippen MR) is 82.5 cm³/mol. The van der Waals surface area contributed by atoms with E-state index in [9.17, 15) is 0 Å². The lowest BCUT2D eigenvalue weighted by Gasteiger charge is -2.15. The molecule has 1 heterocycles. The molecule has 0 aliphatic heterocycles. The standard InChI is InChI=1S/C17H28N2O/c1-2-11-18-12-15-9-10-16(19-13-15)14-20-17-7-5-3-4-6-8-17/h9-10,13,17-18H,2-8,11-12,14H2,1H3. The van der Waals surface area contributed by atoms with E-state index in [0.717, 1.165) is 18.8 Å². The van der Waals surface area contributed by atoms with Crippen molar-refractivity contribution in [2.45, 2.75) is 71.1 Å². The van der Waals surface area contributed by atoms with Crippen LogP contribution in [0.2, 0.25) is 0 Å². The first kappa shape index (κ1) is 15.5. The fourth-order valence-electron chi connectivity index (χ4n) is 2.67. The zero-order valence-electron chi connectivity index (χ0n) is 12.7. The molecule has 0 atom stereocenters. The highest BCUT2D eigenvalue weighted by Gasteiger charge is 2.12. The number of rotatable bonds is 7. The van der Waals surface area contributed by atoms with Crippen molar-refractivity contribution in [1.29, 1.82) is 0 Å². The van der Waals surface area contributed by atoms with Crippen molar-refractivity contribution in [1.82, 2.24) is 10.3 Å². The van der Waals surface area contributed by atoms with Gasteiger partial charge in [0, 0.05) is 12.7 Å². The molecule has 112 valence electrons. The van der Waals surface area contributed by atoms with Gasteiger partial charge in [0.2, 0.25) is 0 Å². The van der Waals surface area contributed by atoms with E-state index in [4.69, 9.17) is 4.74 Å². The Hall–Kier alpha value is -0.930. The molecule has 0 amide bonds. The predicted octanol–water partition coefficient (Wildman–Crippen LogP) is 3.82. The van der Waals surface area contributed by atoms with E-state index < -0.39 is 0 Å². The van der Waals surface area contributed by atoms with Crippen molar-refractivity contribution in [3.05, 3.63) is 29.6 Å². The maximum atomic E-state index is 6.01. The number of aromatic nitrogens is 1. The average molecular weight is 276 g/mol. The smallest absolute Gasteiger partial charge is 0.0891 e. The van der Waals surface area contributed by atoms with Crippen LogP contribution in [-0.2, 0) is 17.9 Å². The van der Waals surface area contributed by atoms with Crippen LogP contribution >= 0.6 is 0 Å². The molecule has 0 saturated heterocycles. The summed E-state index contributed by atoms with van der Waals surface area (Å²) in [6, 6.07) is 4.25. The minimum Gasteiger partial charge on any atom is -0.372 e. The van der Waals surface area contributed by atoms with Gasteiger partial charge in [-0.2, -0.15) is 0 Å². The van der Waals surface area contributed by atoms with Gasteiger partial charge in [0.05, 0.1) is 18.4 Å². The topological polar surface area (TPSA) is 34.1 Å². The van der Waals surface area contributed by atoms with Crippen molar-refractivity contribution in [3.63, 3.8) is 0 Å². The van der Waals surface area contributed by atoms with Gasteiger partial charge in [-0.1, -0.05) is 38.7 Å². The molecule has 1 aliphatic carbocycles. The van der Waals surface area contributed by atoms with Crippen LogP contribution in [0.3, 0.4) is 0 Å². The summed E-state index contributed by atoms with van der Waals surface area (Å²) in [5.74, 6) is 0. The molecule has 1 saturated carbocycles. The number of ether oxygens (including phenoxy) is 1. The highest BCUT2D eigenvalue weighted by atomic mass is 16.5. The Labute approximate surface area is 123 Å². The normalized spacial score (nSPS) is 17.1. The average Bonchev–Trinajstić information content (AvgIpc) is 2.75. The Bertz CT molecular complexity index is 356. The van der Waals surface area contributed by atoms with Gasteiger partial charge in [0.1, 0.15) is 0 Å². The van der Waals surface area contributed by atoms with Gasteiger partial charge in [0.15, 0.2) is 0 Å². The van der Waals surface area contributed by atoms with Gasteiger partial charge in [0.25, 0.3) is 0 Å². The number of hydrogen-bond acceptors (Lipinski definition) is 3. The van der Waals surface area contributed by atoms with Crippen molar-refractivity contribution in [2.24, 2.45) is 0 Å². The van der Waals surface area contributed by atoms with Crippen LogP contribution in [-0.4, -0.2) is 17.6 Å². The fourth-order valence-corrected chi connectivity index (χ4v) is 2.67. The van der Waals surface area contributed by atoms with Crippen LogP contribution in [0.25, 0.3) is 0 Å². The van der Waals surface area contributed by atoms with Crippen molar-refractivity contribution in [3.8, 4) is 0 Å². The van der Waals surface area contributed by atoms with Crippen molar-refractivity contribution < 1.29 is 4.74 Å². The van der Waals surface area contributed by atoms with Crippen LogP contribution in [0.15, 0.2) is 18.3 Å². The second kappa shape index (κ2) is 9.09. The van der Waals surface area contributed by atoms with Gasteiger partial charge in [-0.3, -0.25) is 4.98 Å². The largest absolute Gasteiger partial charge is 0.372 e. The Kier molecular flexibility index (Phi) is 7.02. The monoisotopic (exact) mass is 276 g/mol. The van der Waals surface area contributed by atoms with Gasteiger partial charge < -0.3 is 10.1 Å².